The van der Waals surface area contributed by atoms with Gasteiger partial charge in [0.05, 0.1) is 12.2 Å². The predicted molar refractivity (Wildman–Crippen MR) is 47.0 cm³/mol. The first-order chi connectivity index (χ1) is 6.95. The van der Waals surface area contributed by atoms with Crippen molar-refractivity contribution in [2.45, 2.75) is 12.6 Å². The quantitative estimate of drug-likeness (QED) is 0.714. The van der Waals surface area contributed by atoms with Crippen LogP contribution in [-0.2, 0) is 17.3 Å². The molecule has 0 saturated carbocycles. The van der Waals surface area contributed by atoms with Gasteiger partial charge in [0.15, 0.2) is 0 Å². The zero-order chi connectivity index (χ0) is 11.5. The minimum absolute atomic E-state index is 0.0201. The van der Waals surface area contributed by atoms with Crippen molar-refractivity contribution in [1.82, 2.24) is 0 Å². The number of ether oxygens (including phenoxy) is 1. The third-order valence-corrected chi connectivity index (χ3v) is 1.95. The molecule has 0 aliphatic heterocycles. The van der Waals surface area contributed by atoms with E-state index in [2.05, 4.69) is 4.74 Å². The Morgan fingerprint density at radius 2 is 1.93 bits per heavy atom. The molecule has 5 heteroatoms. The van der Waals surface area contributed by atoms with Crippen LogP contribution < -0.4 is 0 Å². The molecule has 1 aromatic carbocycles. The Balaban J connectivity index is 2.95. The molecule has 0 fully saturated rings. The largest absolute Gasteiger partial charge is 0.416 e. The number of methoxy groups -OCH3 is 1. The van der Waals surface area contributed by atoms with Crippen molar-refractivity contribution in [3.63, 3.8) is 0 Å². The highest BCUT2D eigenvalue weighted by Crippen LogP contribution is 2.30. The molecule has 0 unspecified atom stereocenters. The van der Waals surface area contributed by atoms with Gasteiger partial charge in [0, 0.05) is 7.11 Å². The molecule has 0 amide bonds. The van der Waals surface area contributed by atoms with E-state index in [4.69, 9.17) is 0 Å². The van der Waals surface area contributed by atoms with Crippen LogP contribution in [-0.4, -0.2) is 13.7 Å². The summed E-state index contributed by atoms with van der Waals surface area (Å²) in [6.07, 6.45) is -4.30. The Hall–Kier alpha value is -1.10. The molecule has 84 valence electrons. The first-order valence-corrected chi connectivity index (χ1v) is 4.29. The monoisotopic (exact) mass is 222 g/mol. The molecule has 0 atom stereocenters. The summed E-state index contributed by atoms with van der Waals surface area (Å²) in [5.41, 5.74) is -0.818. The molecule has 1 rings (SSSR count). The standard InChI is InChI=1S/C10H10F4O/c1-15-5-4-7-6-8(10(12,13)14)2-3-9(7)11/h2-3,6H,4-5H2,1H3. The predicted octanol–water partition coefficient (Wildman–Crippen LogP) is 3.03. The van der Waals surface area contributed by atoms with Gasteiger partial charge in [0.2, 0.25) is 0 Å². The van der Waals surface area contributed by atoms with Gasteiger partial charge in [-0.05, 0) is 30.2 Å². The summed E-state index contributed by atoms with van der Waals surface area (Å²) in [6, 6.07) is 2.37. The van der Waals surface area contributed by atoms with Crippen molar-refractivity contribution in [2.75, 3.05) is 13.7 Å². The van der Waals surface area contributed by atoms with Crippen molar-refractivity contribution in [3.8, 4) is 0 Å². The lowest BCUT2D eigenvalue weighted by molar-refractivity contribution is -0.137. The summed E-state index contributed by atoms with van der Waals surface area (Å²) < 4.78 is 54.5. The van der Waals surface area contributed by atoms with Crippen LogP contribution in [0.2, 0.25) is 0 Å². The van der Waals surface area contributed by atoms with E-state index < -0.39 is 17.6 Å². The summed E-state index contributed by atoms with van der Waals surface area (Å²) in [5, 5.41) is 0. The highest BCUT2D eigenvalue weighted by molar-refractivity contribution is 5.27. The maximum atomic E-state index is 13.1. The van der Waals surface area contributed by atoms with Gasteiger partial charge in [-0.3, -0.25) is 0 Å². The minimum atomic E-state index is -4.43. The van der Waals surface area contributed by atoms with Crippen LogP contribution in [0.1, 0.15) is 11.1 Å². The molecule has 0 heterocycles. The lowest BCUT2D eigenvalue weighted by Gasteiger charge is -2.09. The van der Waals surface area contributed by atoms with Crippen LogP contribution >= 0.6 is 0 Å². The van der Waals surface area contributed by atoms with Crippen LogP contribution in [0.3, 0.4) is 0 Å². The lowest BCUT2D eigenvalue weighted by Crippen LogP contribution is -2.07. The Kier molecular flexibility index (Phi) is 3.68. The molecular weight excluding hydrogens is 212 g/mol. The molecule has 0 aromatic heterocycles. The molecule has 0 aliphatic rings. The first kappa shape index (κ1) is 12.0. The van der Waals surface area contributed by atoms with Crippen LogP contribution in [0.5, 0.6) is 0 Å². The number of hydrogen-bond donors (Lipinski definition) is 0. The molecule has 1 aromatic rings. The van der Waals surface area contributed by atoms with Gasteiger partial charge in [-0.15, -0.1) is 0 Å². The van der Waals surface area contributed by atoms with Gasteiger partial charge < -0.3 is 4.74 Å². The van der Waals surface area contributed by atoms with Crippen molar-refractivity contribution in [2.24, 2.45) is 0 Å². The maximum Gasteiger partial charge on any atom is 0.416 e. The van der Waals surface area contributed by atoms with E-state index >= 15 is 0 Å². The summed E-state index contributed by atoms with van der Waals surface area (Å²) >= 11 is 0. The minimum Gasteiger partial charge on any atom is -0.384 e. The Morgan fingerprint density at radius 1 is 1.27 bits per heavy atom. The normalized spacial score (nSPS) is 11.8. The van der Waals surface area contributed by atoms with E-state index in [1.165, 1.54) is 7.11 Å². The molecule has 0 spiro atoms. The molecule has 0 aliphatic carbocycles. The third-order valence-electron chi connectivity index (χ3n) is 1.95. The summed E-state index contributed by atoms with van der Waals surface area (Å²) in [4.78, 5) is 0. The fraction of sp³-hybridized carbons (Fsp3) is 0.400. The second-order valence-corrected chi connectivity index (χ2v) is 3.05. The number of halogens is 4. The van der Waals surface area contributed by atoms with Gasteiger partial charge in [-0.2, -0.15) is 13.2 Å². The van der Waals surface area contributed by atoms with E-state index in [1.807, 2.05) is 0 Å². The topological polar surface area (TPSA) is 9.23 Å². The maximum absolute atomic E-state index is 13.1. The molecule has 0 bridgehead atoms. The van der Waals surface area contributed by atoms with Gasteiger partial charge >= 0.3 is 6.18 Å². The molecule has 0 N–H and O–H groups in total. The van der Waals surface area contributed by atoms with Gasteiger partial charge in [0.1, 0.15) is 5.82 Å². The van der Waals surface area contributed by atoms with Crippen LogP contribution in [0, 0.1) is 5.82 Å². The summed E-state index contributed by atoms with van der Waals surface area (Å²) in [7, 11) is 1.41. The molecule has 1 nitrogen and oxygen atoms in total. The molecule has 15 heavy (non-hydrogen) atoms. The Morgan fingerprint density at radius 3 is 2.47 bits per heavy atom. The highest BCUT2D eigenvalue weighted by Gasteiger charge is 2.30. The van der Waals surface area contributed by atoms with E-state index in [1.54, 1.807) is 0 Å². The number of hydrogen-bond acceptors (Lipinski definition) is 1. The van der Waals surface area contributed by atoms with Crippen molar-refractivity contribution in [1.29, 1.82) is 0 Å². The molecule has 0 radical (unpaired) electrons. The van der Waals surface area contributed by atoms with Crippen LogP contribution in [0.4, 0.5) is 17.6 Å². The lowest BCUT2D eigenvalue weighted by atomic mass is 10.1. The zero-order valence-electron chi connectivity index (χ0n) is 8.07. The molecular formula is C10H10F4O. The van der Waals surface area contributed by atoms with E-state index in [-0.39, 0.29) is 18.6 Å². The Bertz CT molecular complexity index is 333. The second kappa shape index (κ2) is 4.61. The van der Waals surface area contributed by atoms with Crippen LogP contribution in [0.25, 0.3) is 0 Å². The van der Waals surface area contributed by atoms with Gasteiger partial charge in [-0.25, -0.2) is 4.39 Å². The van der Waals surface area contributed by atoms with E-state index in [9.17, 15) is 17.6 Å². The van der Waals surface area contributed by atoms with E-state index in [0.29, 0.717) is 0 Å². The molecule has 0 saturated heterocycles. The summed E-state index contributed by atoms with van der Waals surface area (Å²) in [5.74, 6) is -0.639. The van der Waals surface area contributed by atoms with Gasteiger partial charge in [-0.1, -0.05) is 0 Å². The smallest absolute Gasteiger partial charge is 0.384 e. The highest BCUT2D eigenvalue weighted by atomic mass is 19.4. The number of rotatable bonds is 3. The SMILES string of the molecule is COCCc1cc(C(F)(F)F)ccc1F. The van der Waals surface area contributed by atoms with Crippen molar-refractivity contribution in [3.05, 3.63) is 35.1 Å². The van der Waals surface area contributed by atoms with Crippen molar-refractivity contribution >= 4 is 0 Å². The van der Waals surface area contributed by atoms with E-state index in [0.717, 1.165) is 18.2 Å². The number of alkyl halides is 3. The Labute approximate surface area is 84.7 Å². The zero-order valence-corrected chi connectivity index (χ0v) is 8.07. The van der Waals surface area contributed by atoms with Crippen molar-refractivity contribution < 1.29 is 22.3 Å². The number of benzene rings is 1. The fourth-order valence-corrected chi connectivity index (χ4v) is 1.15. The average molecular weight is 222 g/mol. The fourth-order valence-electron chi connectivity index (χ4n) is 1.15. The van der Waals surface area contributed by atoms with Gasteiger partial charge in [0.25, 0.3) is 0 Å². The second-order valence-electron chi connectivity index (χ2n) is 3.05. The van der Waals surface area contributed by atoms with Crippen LogP contribution in [0.15, 0.2) is 18.2 Å². The first-order valence-electron chi connectivity index (χ1n) is 4.29. The average Bonchev–Trinajstić information content (AvgIpc) is 2.15. The summed E-state index contributed by atoms with van der Waals surface area (Å²) in [6.45, 7) is 0.193. The third kappa shape index (κ3) is 3.20.